The average Bonchev–Trinajstić information content (AvgIpc) is 3.00. The van der Waals surface area contributed by atoms with E-state index in [4.69, 9.17) is 0 Å². The SMILES string of the molecule is CCc1ncc(S(=O)(=O)N(CC)C2CCCC2)[nH]1. The summed E-state index contributed by atoms with van der Waals surface area (Å²) in [6, 6.07) is 0.161. The molecule has 18 heavy (non-hydrogen) atoms. The van der Waals surface area contributed by atoms with E-state index in [9.17, 15) is 8.42 Å². The number of H-pyrrole nitrogens is 1. The van der Waals surface area contributed by atoms with Crippen LogP contribution in [0.25, 0.3) is 0 Å². The summed E-state index contributed by atoms with van der Waals surface area (Å²) in [5.74, 6) is 0.719. The molecule has 0 amide bonds. The quantitative estimate of drug-likeness (QED) is 0.889. The van der Waals surface area contributed by atoms with E-state index in [0.29, 0.717) is 13.0 Å². The van der Waals surface area contributed by atoms with Crippen molar-refractivity contribution in [1.29, 1.82) is 0 Å². The lowest BCUT2D eigenvalue weighted by atomic mass is 10.2. The van der Waals surface area contributed by atoms with Crippen LogP contribution in [0.4, 0.5) is 0 Å². The number of sulfonamides is 1. The number of aromatic amines is 1. The second kappa shape index (κ2) is 5.40. The Morgan fingerprint density at radius 1 is 1.39 bits per heavy atom. The Balaban J connectivity index is 2.27. The first-order valence-electron chi connectivity index (χ1n) is 6.65. The maximum absolute atomic E-state index is 12.5. The van der Waals surface area contributed by atoms with E-state index in [2.05, 4.69) is 9.97 Å². The second-order valence-electron chi connectivity index (χ2n) is 4.69. The maximum Gasteiger partial charge on any atom is 0.260 e. The van der Waals surface area contributed by atoms with Crippen LogP contribution < -0.4 is 0 Å². The number of nitrogens with zero attached hydrogens (tertiary/aromatic N) is 2. The van der Waals surface area contributed by atoms with E-state index < -0.39 is 10.0 Å². The van der Waals surface area contributed by atoms with Crippen molar-refractivity contribution in [2.75, 3.05) is 6.54 Å². The van der Waals surface area contributed by atoms with Gasteiger partial charge in [0.15, 0.2) is 5.03 Å². The zero-order chi connectivity index (χ0) is 13.2. The number of rotatable bonds is 5. The number of aromatic nitrogens is 2. The van der Waals surface area contributed by atoms with Crippen LogP contribution >= 0.6 is 0 Å². The molecular weight excluding hydrogens is 250 g/mol. The Hall–Kier alpha value is -0.880. The molecule has 1 saturated carbocycles. The molecule has 1 aromatic heterocycles. The molecule has 0 bridgehead atoms. The minimum atomic E-state index is -3.41. The number of hydrogen-bond donors (Lipinski definition) is 1. The number of imidazole rings is 1. The highest BCUT2D eigenvalue weighted by atomic mass is 32.2. The van der Waals surface area contributed by atoms with Crippen LogP contribution in [0.3, 0.4) is 0 Å². The summed E-state index contributed by atoms with van der Waals surface area (Å²) < 4.78 is 26.7. The standard InChI is InChI=1S/C12H21N3O2S/c1-3-11-13-9-12(14-11)18(16,17)15(4-2)10-7-5-6-8-10/h9-10H,3-8H2,1-2H3,(H,13,14). The molecule has 1 fully saturated rings. The van der Waals surface area contributed by atoms with Crippen molar-refractivity contribution in [3.63, 3.8) is 0 Å². The van der Waals surface area contributed by atoms with Crippen molar-refractivity contribution in [2.24, 2.45) is 0 Å². The van der Waals surface area contributed by atoms with Crippen LogP contribution in [0.2, 0.25) is 0 Å². The van der Waals surface area contributed by atoms with Crippen LogP contribution in [-0.2, 0) is 16.4 Å². The van der Waals surface area contributed by atoms with E-state index in [1.165, 1.54) is 6.20 Å². The van der Waals surface area contributed by atoms with Crippen LogP contribution in [0.5, 0.6) is 0 Å². The third-order valence-corrected chi connectivity index (χ3v) is 5.51. The molecule has 0 radical (unpaired) electrons. The van der Waals surface area contributed by atoms with Gasteiger partial charge in [0.2, 0.25) is 0 Å². The summed E-state index contributed by atoms with van der Waals surface area (Å²) >= 11 is 0. The normalized spacial score (nSPS) is 17.7. The van der Waals surface area contributed by atoms with Gasteiger partial charge in [-0.2, -0.15) is 4.31 Å². The Morgan fingerprint density at radius 3 is 2.56 bits per heavy atom. The van der Waals surface area contributed by atoms with Gasteiger partial charge in [-0.15, -0.1) is 0 Å². The number of nitrogens with one attached hydrogen (secondary N) is 1. The molecule has 1 aliphatic rings. The Bertz CT molecular complexity index is 489. The first kappa shape index (κ1) is 13.5. The highest BCUT2D eigenvalue weighted by molar-refractivity contribution is 7.89. The first-order chi connectivity index (χ1) is 8.59. The molecule has 0 saturated heterocycles. The smallest absolute Gasteiger partial charge is 0.260 e. The highest BCUT2D eigenvalue weighted by Crippen LogP contribution is 2.27. The Kier molecular flexibility index (Phi) is 4.07. The predicted octanol–water partition coefficient (Wildman–Crippen LogP) is 1.93. The maximum atomic E-state index is 12.5. The summed E-state index contributed by atoms with van der Waals surface area (Å²) in [4.78, 5) is 6.98. The van der Waals surface area contributed by atoms with E-state index >= 15 is 0 Å². The Morgan fingerprint density at radius 2 is 2.06 bits per heavy atom. The fourth-order valence-corrected chi connectivity index (χ4v) is 4.23. The lowest BCUT2D eigenvalue weighted by Gasteiger charge is -2.25. The zero-order valence-electron chi connectivity index (χ0n) is 11.0. The van der Waals surface area contributed by atoms with Gasteiger partial charge in [-0.05, 0) is 12.8 Å². The van der Waals surface area contributed by atoms with Crippen molar-refractivity contribution in [2.45, 2.75) is 57.0 Å². The molecule has 0 unspecified atom stereocenters. The monoisotopic (exact) mass is 271 g/mol. The number of aryl methyl sites for hydroxylation is 1. The summed E-state index contributed by atoms with van der Waals surface area (Å²) in [5.41, 5.74) is 0. The van der Waals surface area contributed by atoms with Gasteiger partial charge in [-0.3, -0.25) is 0 Å². The van der Waals surface area contributed by atoms with E-state index in [1.54, 1.807) is 4.31 Å². The van der Waals surface area contributed by atoms with Crippen molar-refractivity contribution < 1.29 is 8.42 Å². The summed E-state index contributed by atoms with van der Waals surface area (Å²) in [6.45, 7) is 4.37. The van der Waals surface area contributed by atoms with Crippen molar-refractivity contribution in [3.05, 3.63) is 12.0 Å². The second-order valence-corrected chi connectivity index (χ2v) is 6.55. The number of hydrogen-bond acceptors (Lipinski definition) is 3. The van der Waals surface area contributed by atoms with Crippen molar-refractivity contribution in [1.82, 2.24) is 14.3 Å². The molecule has 0 atom stereocenters. The van der Waals surface area contributed by atoms with Crippen molar-refractivity contribution >= 4 is 10.0 Å². The molecule has 1 aliphatic carbocycles. The van der Waals surface area contributed by atoms with Gasteiger partial charge in [0, 0.05) is 19.0 Å². The van der Waals surface area contributed by atoms with E-state index in [1.807, 2.05) is 13.8 Å². The zero-order valence-corrected chi connectivity index (χ0v) is 11.8. The molecular formula is C12H21N3O2S. The molecule has 102 valence electrons. The van der Waals surface area contributed by atoms with Crippen LogP contribution in [0, 0.1) is 0 Å². The topological polar surface area (TPSA) is 66.1 Å². The van der Waals surface area contributed by atoms with E-state index in [-0.39, 0.29) is 11.1 Å². The predicted molar refractivity (Wildman–Crippen MR) is 69.8 cm³/mol. The summed E-state index contributed by atoms with van der Waals surface area (Å²) in [6.07, 6.45) is 6.35. The molecule has 0 aromatic carbocycles. The van der Waals surface area contributed by atoms with Gasteiger partial charge >= 0.3 is 0 Å². The van der Waals surface area contributed by atoms with Gasteiger partial charge < -0.3 is 4.98 Å². The molecule has 6 heteroatoms. The molecule has 2 rings (SSSR count). The third kappa shape index (κ3) is 2.44. The van der Waals surface area contributed by atoms with Crippen LogP contribution in [0.1, 0.15) is 45.4 Å². The minimum absolute atomic E-state index is 0.161. The van der Waals surface area contributed by atoms with Gasteiger partial charge in [-0.25, -0.2) is 13.4 Å². The lowest BCUT2D eigenvalue weighted by Crippen LogP contribution is -2.38. The van der Waals surface area contributed by atoms with Gasteiger partial charge in [-0.1, -0.05) is 26.7 Å². The molecule has 1 heterocycles. The molecule has 5 nitrogen and oxygen atoms in total. The fourth-order valence-electron chi connectivity index (χ4n) is 2.60. The van der Waals surface area contributed by atoms with Gasteiger partial charge in [0.05, 0.1) is 6.20 Å². The summed E-state index contributed by atoms with van der Waals surface area (Å²) in [7, 11) is -3.41. The largest absolute Gasteiger partial charge is 0.332 e. The van der Waals surface area contributed by atoms with Crippen LogP contribution in [0.15, 0.2) is 11.2 Å². The minimum Gasteiger partial charge on any atom is -0.332 e. The summed E-state index contributed by atoms with van der Waals surface area (Å²) in [5, 5.41) is 0.230. The van der Waals surface area contributed by atoms with Crippen LogP contribution in [-0.4, -0.2) is 35.3 Å². The van der Waals surface area contributed by atoms with Crippen molar-refractivity contribution in [3.8, 4) is 0 Å². The molecule has 0 aliphatic heterocycles. The first-order valence-corrected chi connectivity index (χ1v) is 8.09. The Labute approximate surface area is 109 Å². The highest BCUT2D eigenvalue weighted by Gasteiger charge is 2.33. The van der Waals surface area contributed by atoms with Gasteiger partial charge in [0.25, 0.3) is 10.0 Å². The lowest BCUT2D eigenvalue weighted by molar-refractivity contribution is 0.334. The fraction of sp³-hybridized carbons (Fsp3) is 0.750. The molecule has 1 N–H and O–H groups in total. The molecule has 1 aromatic rings. The molecule has 0 spiro atoms. The average molecular weight is 271 g/mol. The third-order valence-electron chi connectivity index (χ3n) is 3.57. The van der Waals surface area contributed by atoms with Gasteiger partial charge in [0.1, 0.15) is 5.82 Å². The van der Waals surface area contributed by atoms with E-state index in [0.717, 1.165) is 31.5 Å².